The maximum Gasteiger partial charge on any atom is 0.231 e. The van der Waals surface area contributed by atoms with Crippen LogP contribution in [-0.4, -0.2) is 23.3 Å². The number of halogens is 1. The molecule has 5 nitrogen and oxygen atoms in total. The fraction of sp³-hybridized carbons (Fsp3) is 0.263. The van der Waals surface area contributed by atoms with Gasteiger partial charge in [-0.25, -0.2) is 14.4 Å². The predicted octanol–water partition coefficient (Wildman–Crippen LogP) is 3.84. The molecule has 0 amide bonds. The third-order valence-electron chi connectivity index (χ3n) is 4.90. The second-order valence-electron chi connectivity index (χ2n) is 6.30. The number of ether oxygens (including phenoxy) is 2. The highest BCUT2D eigenvalue weighted by molar-refractivity contribution is 5.90. The first-order valence-electron chi connectivity index (χ1n) is 8.37. The molecule has 0 aliphatic carbocycles. The number of hydrogen-bond acceptors (Lipinski definition) is 5. The van der Waals surface area contributed by atoms with Crippen molar-refractivity contribution in [3.63, 3.8) is 0 Å². The van der Waals surface area contributed by atoms with Crippen molar-refractivity contribution in [2.24, 2.45) is 0 Å². The Hall–Kier alpha value is -2.89. The minimum absolute atomic E-state index is 0.177. The van der Waals surface area contributed by atoms with E-state index in [2.05, 4.69) is 20.9 Å². The van der Waals surface area contributed by atoms with Gasteiger partial charge in [-0.1, -0.05) is 12.1 Å². The predicted molar refractivity (Wildman–Crippen MR) is 91.4 cm³/mol. The third kappa shape index (κ3) is 2.28. The van der Waals surface area contributed by atoms with Crippen molar-refractivity contribution in [1.82, 2.24) is 9.97 Å². The molecule has 0 spiro atoms. The third-order valence-corrected chi connectivity index (χ3v) is 4.90. The summed E-state index contributed by atoms with van der Waals surface area (Å²) in [5, 5.41) is 0.746. The van der Waals surface area contributed by atoms with E-state index in [0.717, 1.165) is 47.7 Å². The summed E-state index contributed by atoms with van der Waals surface area (Å²) in [6, 6.07) is 11.2. The van der Waals surface area contributed by atoms with Gasteiger partial charge in [0.25, 0.3) is 0 Å². The summed E-state index contributed by atoms with van der Waals surface area (Å²) < 4.78 is 25.0. The van der Waals surface area contributed by atoms with E-state index in [0.29, 0.717) is 5.52 Å². The Balaban J connectivity index is 1.59. The average Bonchev–Trinajstić information content (AvgIpc) is 3.30. The Labute approximate surface area is 144 Å². The number of benzene rings is 2. The van der Waals surface area contributed by atoms with E-state index in [4.69, 9.17) is 9.47 Å². The molecule has 0 saturated carbocycles. The molecule has 126 valence electrons. The van der Waals surface area contributed by atoms with Gasteiger partial charge >= 0.3 is 0 Å². The fourth-order valence-electron chi connectivity index (χ4n) is 3.75. The molecule has 5 rings (SSSR count). The summed E-state index contributed by atoms with van der Waals surface area (Å²) in [7, 11) is 0. The van der Waals surface area contributed by atoms with E-state index in [1.54, 1.807) is 6.07 Å². The van der Waals surface area contributed by atoms with Crippen molar-refractivity contribution < 1.29 is 13.9 Å². The molecule has 1 aromatic heterocycles. The van der Waals surface area contributed by atoms with Crippen molar-refractivity contribution >= 4 is 16.7 Å². The number of para-hydroxylation sites is 1. The molecular weight excluding hydrogens is 321 g/mol. The van der Waals surface area contributed by atoms with Gasteiger partial charge in [0, 0.05) is 11.9 Å². The first kappa shape index (κ1) is 14.5. The Morgan fingerprint density at radius 3 is 2.96 bits per heavy atom. The largest absolute Gasteiger partial charge is 0.454 e. The highest BCUT2D eigenvalue weighted by atomic mass is 19.1. The van der Waals surface area contributed by atoms with Gasteiger partial charge in [0.1, 0.15) is 23.5 Å². The standard InChI is InChI=1S/C19H16FN3O2/c20-14-4-1-3-13-18(14)21-10-22-19(13)23-8-2-5-15(23)12-6-7-16-17(9-12)25-11-24-16/h1,3-4,6-7,9-10,15H,2,5,8,11H2. The number of aromatic nitrogens is 2. The van der Waals surface area contributed by atoms with Gasteiger partial charge in [-0.2, -0.15) is 0 Å². The molecule has 0 N–H and O–H groups in total. The Bertz CT molecular complexity index is 963. The average molecular weight is 337 g/mol. The zero-order valence-electron chi connectivity index (χ0n) is 13.5. The summed E-state index contributed by atoms with van der Waals surface area (Å²) in [6.45, 7) is 1.14. The quantitative estimate of drug-likeness (QED) is 0.711. The molecular formula is C19H16FN3O2. The smallest absolute Gasteiger partial charge is 0.231 e. The molecule has 3 heterocycles. The van der Waals surface area contributed by atoms with Crippen LogP contribution in [0, 0.1) is 5.82 Å². The molecule has 25 heavy (non-hydrogen) atoms. The lowest BCUT2D eigenvalue weighted by Gasteiger charge is -2.27. The molecule has 1 saturated heterocycles. The maximum absolute atomic E-state index is 14.1. The lowest BCUT2D eigenvalue weighted by Crippen LogP contribution is -2.24. The van der Waals surface area contributed by atoms with Gasteiger partial charge < -0.3 is 14.4 Å². The molecule has 6 heteroatoms. The summed E-state index contributed by atoms with van der Waals surface area (Å²) in [4.78, 5) is 10.8. The van der Waals surface area contributed by atoms with Crippen LogP contribution < -0.4 is 14.4 Å². The van der Waals surface area contributed by atoms with Crippen LogP contribution in [0.15, 0.2) is 42.7 Å². The fourth-order valence-corrected chi connectivity index (χ4v) is 3.75. The van der Waals surface area contributed by atoms with Crippen LogP contribution in [0.3, 0.4) is 0 Å². The zero-order valence-corrected chi connectivity index (χ0v) is 13.5. The van der Waals surface area contributed by atoms with E-state index in [-0.39, 0.29) is 18.7 Å². The molecule has 1 fully saturated rings. The van der Waals surface area contributed by atoms with Crippen LogP contribution in [0.2, 0.25) is 0 Å². The van der Waals surface area contributed by atoms with E-state index < -0.39 is 0 Å². The number of rotatable bonds is 2. The van der Waals surface area contributed by atoms with Gasteiger partial charge in [-0.15, -0.1) is 0 Å². The Kier molecular flexibility index (Phi) is 3.23. The number of nitrogens with zero attached hydrogens (tertiary/aromatic N) is 3. The second-order valence-corrected chi connectivity index (χ2v) is 6.30. The summed E-state index contributed by atoms with van der Waals surface area (Å²) in [6.07, 6.45) is 3.51. The minimum atomic E-state index is -0.319. The van der Waals surface area contributed by atoms with Crippen LogP contribution >= 0.6 is 0 Å². The minimum Gasteiger partial charge on any atom is -0.454 e. The number of anilines is 1. The zero-order chi connectivity index (χ0) is 16.8. The van der Waals surface area contributed by atoms with Gasteiger partial charge in [-0.05, 0) is 42.7 Å². The summed E-state index contributed by atoms with van der Waals surface area (Å²) in [5.41, 5.74) is 1.52. The first-order valence-corrected chi connectivity index (χ1v) is 8.37. The van der Waals surface area contributed by atoms with Crippen LogP contribution in [0.25, 0.3) is 10.9 Å². The van der Waals surface area contributed by atoms with E-state index in [1.165, 1.54) is 12.4 Å². The van der Waals surface area contributed by atoms with Crippen molar-refractivity contribution in [3.05, 3.63) is 54.1 Å². The van der Waals surface area contributed by atoms with Crippen molar-refractivity contribution in [1.29, 1.82) is 0 Å². The van der Waals surface area contributed by atoms with Crippen LogP contribution in [-0.2, 0) is 0 Å². The van der Waals surface area contributed by atoms with E-state index in [9.17, 15) is 4.39 Å². The molecule has 3 aromatic rings. The number of fused-ring (bicyclic) bond motifs is 2. The van der Waals surface area contributed by atoms with Crippen LogP contribution in [0.5, 0.6) is 11.5 Å². The Morgan fingerprint density at radius 2 is 2.00 bits per heavy atom. The normalized spacial score (nSPS) is 18.9. The molecule has 0 radical (unpaired) electrons. The summed E-state index contributed by atoms with van der Waals surface area (Å²) >= 11 is 0. The summed E-state index contributed by atoms with van der Waals surface area (Å²) in [5.74, 6) is 2.02. The molecule has 1 unspecified atom stereocenters. The number of hydrogen-bond donors (Lipinski definition) is 0. The van der Waals surface area contributed by atoms with Gasteiger partial charge in [0.15, 0.2) is 11.5 Å². The molecule has 2 aliphatic rings. The Morgan fingerprint density at radius 1 is 1.08 bits per heavy atom. The lowest BCUT2D eigenvalue weighted by molar-refractivity contribution is 0.174. The van der Waals surface area contributed by atoms with Gasteiger partial charge in [0.2, 0.25) is 6.79 Å². The monoisotopic (exact) mass is 337 g/mol. The topological polar surface area (TPSA) is 47.5 Å². The highest BCUT2D eigenvalue weighted by Gasteiger charge is 2.30. The van der Waals surface area contributed by atoms with Crippen molar-refractivity contribution in [2.75, 3.05) is 18.2 Å². The van der Waals surface area contributed by atoms with E-state index >= 15 is 0 Å². The maximum atomic E-state index is 14.1. The van der Waals surface area contributed by atoms with Crippen LogP contribution in [0.4, 0.5) is 10.2 Å². The van der Waals surface area contributed by atoms with Gasteiger partial charge in [-0.3, -0.25) is 0 Å². The van der Waals surface area contributed by atoms with E-state index in [1.807, 2.05) is 18.2 Å². The van der Waals surface area contributed by atoms with Crippen molar-refractivity contribution in [2.45, 2.75) is 18.9 Å². The second kappa shape index (κ2) is 5.58. The van der Waals surface area contributed by atoms with Gasteiger partial charge in [0.05, 0.1) is 6.04 Å². The molecule has 1 atom stereocenters. The molecule has 2 aliphatic heterocycles. The van der Waals surface area contributed by atoms with Crippen molar-refractivity contribution in [3.8, 4) is 11.5 Å². The first-order chi connectivity index (χ1) is 12.3. The van der Waals surface area contributed by atoms with Crippen LogP contribution in [0.1, 0.15) is 24.4 Å². The highest BCUT2D eigenvalue weighted by Crippen LogP contribution is 2.41. The molecule has 0 bridgehead atoms. The molecule has 2 aromatic carbocycles. The SMILES string of the molecule is Fc1cccc2c(N3CCCC3c3ccc4c(c3)OCO4)ncnc12. The lowest BCUT2D eigenvalue weighted by atomic mass is 10.0.